The first-order valence-corrected chi connectivity index (χ1v) is 3.60. The maximum absolute atomic E-state index is 12.4. The van der Waals surface area contributed by atoms with Crippen LogP contribution in [0.15, 0.2) is 21.8 Å². The molecule has 0 saturated heterocycles. The van der Waals surface area contributed by atoms with E-state index < -0.39 is 11.7 Å². The van der Waals surface area contributed by atoms with Crippen molar-refractivity contribution in [3.8, 4) is 11.8 Å². The highest BCUT2D eigenvalue weighted by molar-refractivity contribution is 6.13. The average molecular weight is 202 g/mol. The number of allylic oxidation sites excluding steroid dienone is 1. The van der Waals surface area contributed by atoms with E-state index >= 15 is 0 Å². The molecule has 0 rings (SSSR count). The summed E-state index contributed by atoms with van der Waals surface area (Å²) in [6, 6.07) is 0. The summed E-state index contributed by atoms with van der Waals surface area (Å²) >= 11 is 0. The zero-order valence-corrected chi connectivity index (χ0v) is 7.81. The molecule has 0 aliphatic heterocycles. The topological polar surface area (TPSA) is 24.7 Å². The highest BCUT2D eigenvalue weighted by Gasteiger charge is 2.36. The molecule has 0 fully saturated rings. The molecule has 76 valence electrons. The Kier molecular flexibility index (Phi) is 4.64. The van der Waals surface area contributed by atoms with Gasteiger partial charge in [-0.2, -0.15) is 13.2 Å². The molecule has 0 aliphatic carbocycles. The largest absolute Gasteiger partial charge is 0.420 e. The quantitative estimate of drug-likeness (QED) is 0.484. The second-order valence-electron chi connectivity index (χ2n) is 2.17. The minimum absolute atomic E-state index is 0.340. The third-order valence-corrected chi connectivity index (χ3v) is 1.25. The summed E-state index contributed by atoms with van der Waals surface area (Å²) in [5.41, 5.74) is -1.32. The summed E-state index contributed by atoms with van der Waals surface area (Å²) in [4.78, 5) is 6.50. The van der Waals surface area contributed by atoms with Crippen molar-refractivity contribution >= 4 is 12.4 Å². The van der Waals surface area contributed by atoms with Gasteiger partial charge in [-0.1, -0.05) is 5.92 Å². The van der Waals surface area contributed by atoms with Crippen molar-refractivity contribution < 1.29 is 13.2 Å². The van der Waals surface area contributed by atoms with E-state index in [9.17, 15) is 13.2 Å². The zero-order valence-electron chi connectivity index (χ0n) is 7.81. The molecule has 0 radical (unpaired) electrons. The fourth-order valence-electron chi connectivity index (χ4n) is 0.722. The van der Waals surface area contributed by atoms with Crippen LogP contribution in [0.25, 0.3) is 0 Å². The molecular weight excluding hydrogens is 193 g/mol. The van der Waals surface area contributed by atoms with E-state index in [1.165, 1.54) is 14.0 Å². The smallest absolute Gasteiger partial charge is 0.279 e. The normalized spacial score (nSPS) is 13.2. The number of nitrogens with zero attached hydrogens (tertiary/aromatic N) is 2. The van der Waals surface area contributed by atoms with Crippen LogP contribution in [0.4, 0.5) is 13.2 Å². The van der Waals surface area contributed by atoms with Gasteiger partial charge in [0.15, 0.2) is 0 Å². The van der Waals surface area contributed by atoms with E-state index in [0.29, 0.717) is 6.20 Å². The summed E-state index contributed by atoms with van der Waals surface area (Å²) in [5, 5.41) is 0. The highest BCUT2D eigenvalue weighted by Crippen LogP contribution is 2.26. The molecule has 2 nitrogen and oxygen atoms in total. The Bertz CT molecular complexity index is 326. The molecule has 0 bridgehead atoms. The fourth-order valence-corrected chi connectivity index (χ4v) is 0.722. The molecule has 0 spiro atoms. The summed E-state index contributed by atoms with van der Waals surface area (Å²) in [5.74, 6) is 4.59. The number of hydrogen-bond donors (Lipinski definition) is 0. The van der Waals surface area contributed by atoms with Gasteiger partial charge in [0.2, 0.25) is 0 Å². The molecule has 0 saturated carbocycles. The van der Waals surface area contributed by atoms with Crippen molar-refractivity contribution in [3.63, 3.8) is 0 Å². The van der Waals surface area contributed by atoms with Crippen molar-refractivity contribution in [2.75, 3.05) is 7.05 Å². The zero-order chi connectivity index (χ0) is 11.2. The summed E-state index contributed by atoms with van der Waals surface area (Å²) in [6.45, 7) is 4.39. The fraction of sp³-hybridized carbons (Fsp3) is 0.333. The minimum atomic E-state index is -4.51. The second kappa shape index (κ2) is 5.22. The minimum Gasteiger partial charge on any atom is -0.279 e. The van der Waals surface area contributed by atoms with Crippen LogP contribution in [0, 0.1) is 11.8 Å². The molecule has 0 aromatic carbocycles. The van der Waals surface area contributed by atoms with E-state index in [1.54, 1.807) is 0 Å². The first kappa shape index (κ1) is 12.4. The third-order valence-electron chi connectivity index (χ3n) is 1.25. The molecule has 0 amide bonds. The van der Waals surface area contributed by atoms with Crippen molar-refractivity contribution in [2.45, 2.75) is 13.1 Å². The highest BCUT2D eigenvalue weighted by atomic mass is 19.4. The molecule has 0 atom stereocenters. The molecule has 0 heterocycles. The van der Waals surface area contributed by atoms with Crippen LogP contribution in [0.5, 0.6) is 0 Å². The maximum Gasteiger partial charge on any atom is 0.420 e. The molecule has 5 heteroatoms. The number of rotatable bonds is 2. The predicted octanol–water partition coefficient (Wildman–Crippen LogP) is 2.23. The Morgan fingerprint density at radius 2 is 2.00 bits per heavy atom. The summed E-state index contributed by atoms with van der Waals surface area (Å²) in [7, 11) is 1.24. The standard InChI is InChI=1S/C9H9F3N2/c1-4-5-8(14-3)7(6-13-2)9(10,11)12/h6H,2H2,1,3H3/b7-6+,14-8?. The van der Waals surface area contributed by atoms with Gasteiger partial charge < -0.3 is 0 Å². The Morgan fingerprint density at radius 3 is 2.29 bits per heavy atom. The monoisotopic (exact) mass is 202 g/mol. The maximum atomic E-state index is 12.4. The van der Waals surface area contributed by atoms with Gasteiger partial charge in [0, 0.05) is 13.2 Å². The molecule has 0 aliphatic rings. The first-order valence-electron chi connectivity index (χ1n) is 3.60. The van der Waals surface area contributed by atoms with Crippen LogP contribution < -0.4 is 0 Å². The average Bonchev–Trinajstić information content (AvgIpc) is 2.09. The lowest BCUT2D eigenvalue weighted by Crippen LogP contribution is -2.19. The van der Waals surface area contributed by atoms with Gasteiger partial charge in [0.05, 0.1) is 0 Å². The van der Waals surface area contributed by atoms with Crippen LogP contribution >= 0.6 is 0 Å². The van der Waals surface area contributed by atoms with E-state index in [4.69, 9.17) is 0 Å². The van der Waals surface area contributed by atoms with E-state index in [-0.39, 0.29) is 5.71 Å². The Hall–Kier alpha value is -1.57. The van der Waals surface area contributed by atoms with Gasteiger partial charge in [0.25, 0.3) is 0 Å². The number of hydrogen-bond acceptors (Lipinski definition) is 2. The van der Waals surface area contributed by atoms with Gasteiger partial charge in [-0.3, -0.25) is 9.98 Å². The number of aliphatic imine (C=N–C) groups is 2. The third kappa shape index (κ3) is 3.44. The van der Waals surface area contributed by atoms with Crippen LogP contribution in [-0.4, -0.2) is 25.7 Å². The molecule has 0 aromatic heterocycles. The van der Waals surface area contributed by atoms with Crippen LogP contribution in [0.1, 0.15) is 6.92 Å². The molecule has 0 aromatic rings. The summed E-state index contributed by atoms with van der Waals surface area (Å²) in [6.07, 6.45) is -3.91. The van der Waals surface area contributed by atoms with Crippen molar-refractivity contribution in [2.24, 2.45) is 9.98 Å². The Balaban J connectivity index is 5.30. The van der Waals surface area contributed by atoms with Crippen molar-refractivity contribution in [1.82, 2.24) is 0 Å². The lowest BCUT2D eigenvalue weighted by atomic mass is 10.1. The van der Waals surface area contributed by atoms with Gasteiger partial charge in [-0.05, 0) is 19.6 Å². The van der Waals surface area contributed by atoms with Crippen LogP contribution in [0.2, 0.25) is 0 Å². The molecule has 14 heavy (non-hydrogen) atoms. The van der Waals surface area contributed by atoms with Gasteiger partial charge >= 0.3 is 6.18 Å². The molecule has 0 unspecified atom stereocenters. The van der Waals surface area contributed by atoms with Crippen LogP contribution in [0.3, 0.4) is 0 Å². The van der Waals surface area contributed by atoms with E-state index in [0.717, 1.165) is 0 Å². The van der Waals surface area contributed by atoms with Crippen molar-refractivity contribution in [1.29, 1.82) is 0 Å². The SMILES string of the molecule is C=N/C=C(\C(C#CC)=NC)C(F)(F)F. The predicted molar refractivity (Wildman–Crippen MR) is 50.5 cm³/mol. The molecule has 0 N–H and O–H groups in total. The number of alkyl halides is 3. The van der Waals surface area contributed by atoms with E-state index in [1.807, 2.05) is 0 Å². The lowest BCUT2D eigenvalue weighted by Gasteiger charge is -2.08. The molecular formula is C9H9F3N2. The Labute approximate surface area is 80.3 Å². The van der Waals surface area contributed by atoms with E-state index in [2.05, 4.69) is 28.5 Å². The number of halogens is 3. The second-order valence-corrected chi connectivity index (χ2v) is 2.17. The van der Waals surface area contributed by atoms with Crippen molar-refractivity contribution in [3.05, 3.63) is 11.8 Å². The van der Waals surface area contributed by atoms with Crippen LogP contribution in [-0.2, 0) is 0 Å². The van der Waals surface area contributed by atoms with Gasteiger partial charge in [-0.15, -0.1) is 0 Å². The Morgan fingerprint density at radius 1 is 1.43 bits per heavy atom. The lowest BCUT2D eigenvalue weighted by molar-refractivity contribution is -0.0860. The van der Waals surface area contributed by atoms with Gasteiger partial charge in [0.1, 0.15) is 11.3 Å². The first-order chi connectivity index (χ1) is 6.47. The van der Waals surface area contributed by atoms with Gasteiger partial charge in [-0.25, -0.2) is 0 Å². The summed E-state index contributed by atoms with van der Waals surface area (Å²) < 4.78 is 37.1.